The molecule has 0 atom stereocenters. The Balaban J connectivity index is 1.32. The Morgan fingerprint density at radius 3 is 2.71 bits per heavy atom. The van der Waals surface area contributed by atoms with Crippen LogP contribution in [0.4, 0.5) is 5.69 Å². The van der Waals surface area contributed by atoms with Crippen LogP contribution in [0, 0.1) is 0 Å². The lowest BCUT2D eigenvalue weighted by molar-refractivity contribution is -0.138. The lowest BCUT2D eigenvalue weighted by Gasteiger charge is -2.33. The maximum absolute atomic E-state index is 10.9. The van der Waals surface area contributed by atoms with E-state index >= 15 is 0 Å². The van der Waals surface area contributed by atoms with Crippen LogP contribution in [0.3, 0.4) is 0 Å². The fraction of sp³-hybridized carbons (Fsp3) is 0.292. The summed E-state index contributed by atoms with van der Waals surface area (Å²) in [5.41, 5.74) is 4.16. The van der Waals surface area contributed by atoms with Crippen molar-refractivity contribution in [3.05, 3.63) is 58.1 Å². The second-order valence-corrected chi connectivity index (χ2v) is 9.22. The van der Waals surface area contributed by atoms with E-state index in [-0.39, 0.29) is 12.4 Å². The zero-order valence-corrected chi connectivity index (χ0v) is 20.0. The minimum Gasteiger partial charge on any atom is -0.494 e. The van der Waals surface area contributed by atoms with E-state index in [0.29, 0.717) is 30.1 Å². The SMILES string of the molecule is O=C(O)CN1CCN(CCO/N=C2/C(c3c(O)[nH]c4ccc(Br)cc34)=Nc3ccccc32)CC1. The van der Waals surface area contributed by atoms with Crippen molar-refractivity contribution in [2.75, 3.05) is 45.9 Å². The summed E-state index contributed by atoms with van der Waals surface area (Å²) in [6, 6.07) is 13.4. The highest BCUT2D eigenvalue weighted by Crippen LogP contribution is 2.36. The number of aromatic amines is 1. The minimum atomic E-state index is -0.796. The number of carboxylic acids is 1. The molecule has 0 radical (unpaired) electrons. The van der Waals surface area contributed by atoms with E-state index in [1.54, 1.807) is 0 Å². The van der Waals surface area contributed by atoms with Crippen molar-refractivity contribution in [3.63, 3.8) is 0 Å². The number of oxime groups is 1. The topological polar surface area (TPSA) is 114 Å². The van der Waals surface area contributed by atoms with Crippen molar-refractivity contribution >= 4 is 49.9 Å². The van der Waals surface area contributed by atoms with Gasteiger partial charge in [0.15, 0.2) is 5.88 Å². The number of aromatic hydroxyl groups is 1. The minimum absolute atomic E-state index is 0.0339. The molecule has 3 N–H and O–H groups in total. The summed E-state index contributed by atoms with van der Waals surface area (Å²) in [5, 5.41) is 24.9. The van der Waals surface area contributed by atoms with Crippen LogP contribution < -0.4 is 0 Å². The number of aliphatic carboxylic acids is 1. The van der Waals surface area contributed by atoms with Gasteiger partial charge in [-0.05, 0) is 24.3 Å². The maximum Gasteiger partial charge on any atom is 0.317 e. The van der Waals surface area contributed by atoms with Crippen LogP contribution >= 0.6 is 15.9 Å². The van der Waals surface area contributed by atoms with Gasteiger partial charge in [-0.2, -0.15) is 0 Å². The lowest BCUT2D eigenvalue weighted by atomic mass is 10.0. The van der Waals surface area contributed by atoms with Gasteiger partial charge in [0.05, 0.1) is 17.8 Å². The zero-order chi connectivity index (χ0) is 23.7. The molecule has 1 aromatic heterocycles. The molecule has 1 fully saturated rings. The number of fused-ring (bicyclic) bond motifs is 2. The Morgan fingerprint density at radius 1 is 1.15 bits per heavy atom. The summed E-state index contributed by atoms with van der Waals surface area (Å²) in [4.78, 5) is 28.6. The third-order valence-corrected chi connectivity index (χ3v) is 6.57. The third kappa shape index (κ3) is 4.56. The monoisotopic (exact) mass is 525 g/mol. The number of para-hydroxylation sites is 1. The second kappa shape index (κ2) is 9.57. The summed E-state index contributed by atoms with van der Waals surface area (Å²) in [6.07, 6.45) is 0. The molecule has 34 heavy (non-hydrogen) atoms. The van der Waals surface area contributed by atoms with Crippen molar-refractivity contribution < 1.29 is 19.8 Å². The maximum atomic E-state index is 10.9. The summed E-state index contributed by atoms with van der Waals surface area (Å²) < 4.78 is 0.898. The number of nitrogens with zero attached hydrogens (tertiary/aromatic N) is 4. The molecule has 0 aliphatic carbocycles. The predicted octanol–water partition coefficient (Wildman–Crippen LogP) is 3.19. The Bertz CT molecular complexity index is 1290. The van der Waals surface area contributed by atoms with E-state index in [0.717, 1.165) is 52.8 Å². The second-order valence-electron chi connectivity index (χ2n) is 8.30. The Morgan fingerprint density at radius 2 is 1.91 bits per heavy atom. The van der Waals surface area contributed by atoms with E-state index in [4.69, 9.17) is 14.9 Å². The molecule has 9 nitrogen and oxygen atoms in total. The van der Waals surface area contributed by atoms with Crippen molar-refractivity contribution in [1.29, 1.82) is 0 Å². The molecule has 0 amide bonds. The van der Waals surface area contributed by atoms with Gasteiger partial charge in [0.2, 0.25) is 0 Å². The van der Waals surface area contributed by atoms with Gasteiger partial charge in [0.1, 0.15) is 18.0 Å². The predicted molar refractivity (Wildman–Crippen MR) is 133 cm³/mol. The highest BCUT2D eigenvalue weighted by molar-refractivity contribution is 9.10. The number of piperazine rings is 1. The first-order valence-corrected chi connectivity index (χ1v) is 11.8. The molecule has 176 valence electrons. The largest absolute Gasteiger partial charge is 0.494 e. The molecular formula is C24H24BrN5O4. The number of carbonyl (C=O) groups is 1. The quantitative estimate of drug-likeness (QED) is 0.322. The number of aromatic nitrogens is 1. The van der Waals surface area contributed by atoms with Crippen LogP contribution in [0.25, 0.3) is 10.9 Å². The number of hydrogen-bond acceptors (Lipinski definition) is 7. The molecule has 5 rings (SSSR count). The van der Waals surface area contributed by atoms with Gasteiger partial charge in [-0.3, -0.25) is 14.6 Å². The number of rotatable bonds is 7. The van der Waals surface area contributed by atoms with Gasteiger partial charge in [-0.25, -0.2) is 4.99 Å². The molecule has 3 aromatic rings. The van der Waals surface area contributed by atoms with Gasteiger partial charge in [0, 0.05) is 53.7 Å². The van der Waals surface area contributed by atoms with Crippen LogP contribution in [-0.2, 0) is 9.63 Å². The zero-order valence-electron chi connectivity index (χ0n) is 18.4. The number of hydrogen-bond donors (Lipinski definition) is 3. The summed E-state index contributed by atoms with van der Waals surface area (Å²) in [6.45, 7) is 4.19. The first-order valence-electron chi connectivity index (χ1n) is 11.0. The average molecular weight is 526 g/mol. The molecule has 2 aliphatic heterocycles. The Hall–Kier alpha value is -3.21. The standard InChI is InChI=1S/C24H24BrN5O4/c25-15-5-6-19-17(13-15)21(24(33)27-19)23-22(16-3-1-2-4-18(16)26-23)28-34-12-11-29-7-9-30(10-8-29)14-20(31)32/h1-6,13,27,33H,7-12,14H2,(H,31,32)/b28-22+. The average Bonchev–Trinajstić information content (AvgIpc) is 3.33. The summed E-state index contributed by atoms with van der Waals surface area (Å²) in [7, 11) is 0. The van der Waals surface area contributed by atoms with Gasteiger partial charge in [0.25, 0.3) is 0 Å². The molecule has 0 saturated carbocycles. The van der Waals surface area contributed by atoms with E-state index in [2.05, 4.69) is 31.0 Å². The Labute approximate surface area is 204 Å². The normalized spacial score (nSPS) is 17.8. The van der Waals surface area contributed by atoms with E-state index in [1.807, 2.05) is 47.4 Å². The van der Waals surface area contributed by atoms with Crippen molar-refractivity contribution in [1.82, 2.24) is 14.8 Å². The van der Waals surface area contributed by atoms with Crippen LogP contribution in [0.15, 0.2) is 57.1 Å². The number of halogens is 1. The van der Waals surface area contributed by atoms with Gasteiger partial charge in [-0.1, -0.05) is 39.3 Å². The number of carboxylic acid groups (broad SMARTS) is 1. The Kier molecular flexibility index (Phi) is 6.36. The molecule has 0 unspecified atom stereocenters. The summed E-state index contributed by atoms with van der Waals surface area (Å²) >= 11 is 3.51. The number of H-pyrrole nitrogens is 1. The van der Waals surface area contributed by atoms with Crippen LogP contribution in [0.5, 0.6) is 5.88 Å². The van der Waals surface area contributed by atoms with Gasteiger partial charge >= 0.3 is 5.97 Å². The third-order valence-electron chi connectivity index (χ3n) is 6.07. The van der Waals surface area contributed by atoms with Crippen molar-refractivity contribution in [2.45, 2.75) is 0 Å². The van der Waals surface area contributed by atoms with E-state index < -0.39 is 5.97 Å². The molecule has 0 bridgehead atoms. The van der Waals surface area contributed by atoms with Gasteiger partial charge < -0.3 is 20.0 Å². The highest BCUT2D eigenvalue weighted by atomic mass is 79.9. The van der Waals surface area contributed by atoms with E-state index in [1.165, 1.54) is 0 Å². The fourth-order valence-corrected chi connectivity index (χ4v) is 4.73. The number of nitrogens with one attached hydrogen (secondary N) is 1. The fourth-order valence-electron chi connectivity index (χ4n) is 4.37. The first kappa shape index (κ1) is 22.6. The molecule has 2 aromatic carbocycles. The molecule has 2 aliphatic rings. The van der Waals surface area contributed by atoms with E-state index in [9.17, 15) is 9.90 Å². The van der Waals surface area contributed by atoms with Crippen LogP contribution in [0.1, 0.15) is 11.1 Å². The number of aliphatic imine (C=N–C) groups is 1. The lowest BCUT2D eigenvalue weighted by Crippen LogP contribution is -2.48. The molecular weight excluding hydrogens is 502 g/mol. The summed E-state index contributed by atoms with van der Waals surface area (Å²) in [5.74, 6) is -0.762. The van der Waals surface area contributed by atoms with Crippen molar-refractivity contribution in [3.8, 4) is 5.88 Å². The molecule has 0 spiro atoms. The molecule has 10 heteroatoms. The van der Waals surface area contributed by atoms with Crippen LogP contribution in [-0.4, -0.2) is 88.3 Å². The number of benzene rings is 2. The molecule has 1 saturated heterocycles. The van der Waals surface area contributed by atoms with Gasteiger partial charge in [-0.15, -0.1) is 0 Å². The molecule has 3 heterocycles. The van der Waals surface area contributed by atoms with Crippen molar-refractivity contribution in [2.24, 2.45) is 10.1 Å². The highest BCUT2D eigenvalue weighted by Gasteiger charge is 2.29. The first-order chi connectivity index (χ1) is 16.5. The van der Waals surface area contributed by atoms with Crippen LogP contribution in [0.2, 0.25) is 0 Å². The smallest absolute Gasteiger partial charge is 0.317 e.